The van der Waals surface area contributed by atoms with Gasteiger partial charge in [0.25, 0.3) is 5.69 Å². The maximum Gasteiger partial charge on any atom is 0.345 e. The number of H-pyrrole nitrogens is 1. The highest BCUT2D eigenvalue weighted by Crippen LogP contribution is 2.17. The van der Waals surface area contributed by atoms with Crippen LogP contribution in [-0.2, 0) is 4.79 Å². The zero-order valence-corrected chi connectivity index (χ0v) is 11.4. The zero-order valence-electron chi connectivity index (χ0n) is 10.6. The minimum atomic E-state index is -0.513. The molecule has 0 fully saturated rings. The number of carbonyl (C=O) groups excluding carboxylic acids is 1. The molecule has 0 saturated carbocycles. The van der Waals surface area contributed by atoms with Crippen LogP contribution in [0.4, 0.5) is 11.4 Å². The number of aromatic amines is 1. The van der Waals surface area contributed by atoms with Gasteiger partial charge in [-0.2, -0.15) is 0 Å². The summed E-state index contributed by atoms with van der Waals surface area (Å²) >= 11 is 1.15. The number of benzene rings is 1. The van der Waals surface area contributed by atoms with Crippen LogP contribution in [0.2, 0.25) is 0 Å². The van der Waals surface area contributed by atoms with E-state index in [1.165, 1.54) is 30.5 Å². The van der Waals surface area contributed by atoms with E-state index in [1.807, 2.05) is 0 Å². The van der Waals surface area contributed by atoms with Gasteiger partial charge in [0.05, 0.1) is 15.7 Å². The topological polar surface area (TPSA) is 118 Å². The van der Waals surface area contributed by atoms with E-state index in [-0.39, 0.29) is 17.3 Å². The van der Waals surface area contributed by atoms with Crippen molar-refractivity contribution in [3.8, 4) is 0 Å². The van der Waals surface area contributed by atoms with Crippen molar-refractivity contribution < 1.29 is 9.72 Å². The van der Waals surface area contributed by atoms with E-state index < -0.39 is 10.6 Å². The monoisotopic (exact) mass is 306 g/mol. The number of rotatable bonds is 5. The highest BCUT2D eigenvalue weighted by atomic mass is 32.2. The number of non-ortho nitro benzene ring substituents is 1. The molecule has 8 nitrogen and oxygen atoms in total. The van der Waals surface area contributed by atoms with Gasteiger partial charge in [-0.15, -0.1) is 0 Å². The largest absolute Gasteiger partial charge is 0.345 e. The lowest BCUT2D eigenvalue weighted by molar-refractivity contribution is -0.384. The molecular weight excluding hydrogens is 296 g/mol. The number of hydrogen-bond donors (Lipinski definition) is 2. The van der Waals surface area contributed by atoms with E-state index in [1.54, 1.807) is 6.07 Å². The van der Waals surface area contributed by atoms with Crippen molar-refractivity contribution in [1.82, 2.24) is 9.97 Å². The minimum Gasteiger partial charge on any atom is -0.325 e. The van der Waals surface area contributed by atoms with Crippen LogP contribution in [-0.4, -0.2) is 26.6 Å². The first-order chi connectivity index (χ1) is 10.0. The van der Waals surface area contributed by atoms with Crippen molar-refractivity contribution in [2.45, 2.75) is 5.03 Å². The van der Waals surface area contributed by atoms with Crippen molar-refractivity contribution >= 4 is 29.0 Å². The van der Waals surface area contributed by atoms with E-state index >= 15 is 0 Å². The van der Waals surface area contributed by atoms with Gasteiger partial charge in [-0.1, -0.05) is 11.8 Å². The number of hydrogen-bond acceptors (Lipinski definition) is 6. The molecule has 1 aromatic heterocycles. The maximum atomic E-state index is 11.7. The van der Waals surface area contributed by atoms with E-state index in [9.17, 15) is 19.7 Å². The molecule has 2 N–H and O–H groups in total. The molecule has 0 saturated heterocycles. The van der Waals surface area contributed by atoms with Gasteiger partial charge in [-0.3, -0.25) is 14.9 Å². The SMILES string of the molecule is O=C(CSc1ccnc(=O)[nH]1)Nc1ccc([N+](=O)[O-])cc1. The van der Waals surface area contributed by atoms with Crippen molar-refractivity contribution in [3.63, 3.8) is 0 Å². The van der Waals surface area contributed by atoms with Crippen LogP contribution in [0.25, 0.3) is 0 Å². The Morgan fingerprint density at radius 2 is 2.05 bits per heavy atom. The van der Waals surface area contributed by atoms with Crippen LogP contribution in [0.1, 0.15) is 0 Å². The summed E-state index contributed by atoms with van der Waals surface area (Å²) in [5.74, 6) is -0.191. The number of nitro groups is 1. The Morgan fingerprint density at radius 3 is 2.67 bits per heavy atom. The molecule has 0 bridgehead atoms. The zero-order chi connectivity index (χ0) is 15.2. The summed E-state index contributed by atoms with van der Waals surface area (Å²) in [6.07, 6.45) is 1.36. The maximum absolute atomic E-state index is 11.7. The first-order valence-corrected chi connectivity index (χ1v) is 6.75. The number of amides is 1. The van der Waals surface area contributed by atoms with Crippen molar-refractivity contribution in [3.05, 3.63) is 57.1 Å². The Balaban J connectivity index is 1.89. The third-order valence-electron chi connectivity index (χ3n) is 2.37. The summed E-state index contributed by atoms with van der Waals surface area (Å²) in [4.78, 5) is 38.6. The fourth-order valence-electron chi connectivity index (χ4n) is 1.44. The van der Waals surface area contributed by atoms with Gasteiger partial charge in [0, 0.05) is 24.0 Å². The van der Waals surface area contributed by atoms with Gasteiger partial charge in [0.15, 0.2) is 0 Å². The van der Waals surface area contributed by atoms with Crippen molar-refractivity contribution in [2.24, 2.45) is 0 Å². The molecule has 1 heterocycles. The van der Waals surface area contributed by atoms with Crippen molar-refractivity contribution in [1.29, 1.82) is 0 Å². The molecule has 21 heavy (non-hydrogen) atoms. The summed E-state index contributed by atoms with van der Waals surface area (Å²) < 4.78 is 0. The van der Waals surface area contributed by atoms with Gasteiger partial charge in [-0.05, 0) is 18.2 Å². The van der Waals surface area contributed by atoms with E-state index in [2.05, 4.69) is 15.3 Å². The number of anilines is 1. The third kappa shape index (κ3) is 4.42. The van der Waals surface area contributed by atoms with Gasteiger partial charge in [0.1, 0.15) is 0 Å². The Labute approximate surface area is 122 Å². The quantitative estimate of drug-likeness (QED) is 0.373. The summed E-state index contributed by atoms with van der Waals surface area (Å²) in [6.45, 7) is 0. The summed E-state index contributed by atoms with van der Waals surface area (Å²) in [7, 11) is 0. The second-order valence-electron chi connectivity index (χ2n) is 3.88. The lowest BCUT2D eigenvalue weighted by Crippen LogP contribution is -2.15. The second-order valence-corrected chi connectivity index (χ2v) is 4.90. The number of carbonyl (C=O) groups is 1. The average Bonchev–Trinajstić information content (AvgIpc) is 2.46. The molecule has 2 rings (SSSR count). The normalized spacial score (nSPS) is 10.1. The number of thioether (sulfide) groups is 1. The number of nitro benzene ring substituents is 1. The van der Waals surface area contributed by atoms with Crippen molar-refractivity contribution in [2.75, 3.05) is 11.1 Å². The number of aromatic nitrogens is 2. The Bertz CT molecular complexity index is 714. The lowest BCUT2D eigenvalue weighted by atomic mass is 10.3. The fraction of sp³-hybridized carbons (Fsp3) is 0.0833. The Hall–Kier alpha value is -2.68. The molecule has 1 amide bonds. The van der Waals surface area contributed by atoms with Crippen LogP contribution < -0.4 is 11.0 Å². The van der Waals surface area contributed by atoms with Crippen LogP contribution in [0.5, 0.6) is 0 Å². The fourth-order valence-corrected chi connectivity index (χ4v) is 2.12. The van der Waals surface area contributed by atoms with E-state index in [4.69, 9.17) is 0 Å². The molecule has 0 spiro atoms. The second kappa shape index (κ2) is 6.66. The van der Waals surface area contributed by atoms with E-state index in [0.29, 0.717) is 10.7 Å². The molecule has 0 aliphatic carbocycles. The molecule has 0 radical (unpaired) electrons. The molecule has 0 aliphatic heterocycles. The molecule has 0 unspecified atom stereocenters. The Kier molecular flexibility index (Phi) is 4.67. The molecule has 108 valence electrons. The lowest BCUT2D eigenvalue weighted by Gasteiger charge is -2.04. The summed E-state index contributed by atoms with van der Waals surface area (Å²) in [5, 5.41) is 13.6. The van der Waals surface area contributed by atoms with Crippen LogP contribution in [0.15, 0.2) is 46.3 Å². The first kappa shape index (κ1) is 14.7. The third-order valence-corrected chi connectivity index (χ3v) is 3.32. The standard InChI is InChI=1S/C12H10N4O4S/c17-10(7-21-11-5-6-13-12(18)15-11)14-8-1-3-9(4-2-8)16(19)20/h1-6H,7H2,(H,14,17)(H,13,15,18). The van der Waals surface area contributed by atoms with E-state index in [0.717, 1.165) is 11.8 Å². The van der Waals surface area contributed by atoms with Gasteiger partial charge in [0.2, 0.25) is 5.91 Å². The van der Waals surface area contributed by atoms with Crippen LogP contribution >= 0.6 is 11.8 Å². The average molecular weight is 306 g/mol. The molecule has 0 atom stereocenters. The highest BCUT2D eigenvalue weighted by molar-refractivity contribution is 7.99. The predicted molar refractivity (Wildman–Crippen MR) is 77.3 cm³/mol. The molecule has 1 aromatic carbocycles. The number of nitrogens with zero attached hydrogens (tertiary/aromatic N) is 2. The van der Waals surface area contributed by atoms with Gasteiger partial charge in [-0.25, -0.2) is 9.78 Å². The smallest absolute Gasteiger partial charge is 0.325 e. The Morgan fingerprint density at radius 1 is 1.33 bits per heavy atom. The highest BCUT2D eigenvalue weighted by Gasteiger charge is 2.07. The summed E-state index contributed by atoms with van der Waals surface area (Å²) in [6, 6.07) is 7.11. The van der Waals surface area contributed by atoms with Gasteiger partial charge >= 0.3 is 5.69 Å². The van der Waals surface area contributed by atoms with Crippen LogP contribution in [0, 0.1) is 10.1 Å². The summed E-state index contributed by atoms with van der Waals surface area (Å²) in [5.41, 5.74) is -0.0538. The molecule has 2 aromatic rings. The van der Waals surface area contributed by atoms with Gasteiger partial charge < -0.3 is 10.3 Å². The molecule has 0 aliphatic rings. The van der Waals surface area contributed by atoms with Crippen LogP contribution in [0.3, 0.4) is 0 Å². The minimum absolute atomic E-state index is 0.0447. The predicted octanol–water partition coefficient (Wildman–Crippen LogP) is 1.41. The molecular formula is C12H10N4O4S. The molecule has 9 heteroatoms. The number of nitrogens with one attached hydrogen (secondary N) is 2. The first-order valence-electron chi connectivity index (χ1n) is 5.77.